The molecule has 0 atom stereocenters. The van der Waals surface area contributed by atoms with Crippen molar-refractivity contribution in [2.24, 2.45) is 0 Å². The smallest absolute Gasteiger partial charge is 0.188 e. The van der Waals surface area contributed by atoms with Crippen molar-refractivity contribution < 1.29 is 46.0 Å². The Morgan fingerprint density at radius 2 is 0.514 bits per heavy atom. The first kappa shape index (κ1) is 47.9. The molecule has 0 aliphatic heterocycles. The normalized spacial score (nSPS) is 11.0. The van der Waals surface area contributed by atoms with Gasteiger partial charge in [-0.2, -0.15) is 0 Å². The molecule has 0 unspecified atom stereocenters. The predicted molar refractivity (Wildman–Crippen MR) is 169 cm³/mol. The molecule has 0 fully saturated rings. The van der Waals surface area contributed by atoms with E-state index < -0.39 is 16.6 Å². The first-order chi connectivity index (χ1) is 16.8. The van der Waals surface area contributed by atoms with Gasteiger partial charge < -0.3 is 19.8 Å². The molecule has 0 saturated heterocycles. The molecule has 4 N–H and O–H groups in total. The summed E-state index contributed by atoms with van der Waals surface area (Å²) in [7, 11) is -3.62. The van der Waals surface area contributed by atoms with Crippen molar-refractivity contribution in [1.82, 2.24) is 0 Å². The van der Waals surface area contributed by atoms with Gasteiger partial charge in [0.1, 0.15) is 0 Å². The largest absolute Gasteiger partial charge is 0.432 e. The number of aliphatic hydroxyl groups excluding tert-OH is 2. The monoisotopic (exact) mass is 642 g/mol. The molecule has 0 aliphatic rings. The molecule has 0 aromatic carbocycles. The Labute approximate surface area is 256 Å². The summed E-state index contributed by atoms with van der Waals surface area (Å²) in [5.74, 6) is 0. The summed E-state index contributed by atoms with van der Waals surface area (Å²) in [6, 6.07) is 6.85. The molecular weight excluding hydrogens is 572 g/mol. The molecule has 0 heterocycles. The third kappa shape index (κ3) is 47.3. The summed E-state index contributed by atoms with van der Waals surface area (Å²) in [6.07, 6.45) is 14.4. The van der Waals surface area contributed by atoms with Gasteiger partial charge in [0, 0.05) is 38.4 Å². The van der Waals surface area contributed by atoms with Crippen molar-refractivity contribution in [3.63, 3.8) is 0 Å². The number of hydrogen-bond acceptors (Lipinski definition) is 4. The van der Waals surface area contributed by atoms with Crippen LogP contribution in [0.15, 0.2) is 0 Å². The minimum atomic E-state index is -1.81. The zero-order chi connectivity index (χ0) is 28.9. The van der Waals surface area contributed by atoms with Crippen LogP contribution in [0.5, 0.6) is 0 Å². The van der Waals surface area contributed by atoms with Gasteiger partial charge in [-0.15, -0.1) is 0 Å². The van der Waals surface area contributed by atoms with Crippen LogP contribution in [-0.4, -0.2) is 48.6 Å². The molecular formula is C30H72O4Si2Zr. The molecule has 228 valence electrons. The molecule has 0 aromatic heterocycles. The second-order valence-corrected chi connectivity index (χ2v) is 19.2. The van der Waals surface area contributed by atoms with E-state index in [9.17, 15) is 9.59 Å². The SMILES string of the molecule is CC(C)O.CC(C)O.CCCC[Si](O)(CCCC)CCCC.CCCC[Si](O)(CCCC)CCCC.[Zr]. The van der Waals surface area contributed by atoms with Crippen molar-refractivity contribution in [3.05, 3.63) is 0 Å². The Hall–Kier alpha value is 1.16. The minimum Gasteiger partial charge on any atom is -0.432 e. The van der Waals surface area contributed by atoms with E-state index in [1.165, 1.54) is 77.0 Å². The van der Waals surface area contributed by atoms with E-state index in [2.05, 4.69) is 41.5 Å². The Balaban J connectivity index is -0.000000140. The zero-order valence-corrected chi connectivity index (χ0v) is 31.6. The number of unbranched alkanes of at least 4 members (excludes halogenated alkanes) is 6. The fraction of sp³-hybridized carbons (Fsp3) is 1.00. The summed E-state index contributed by atoms with van der Waals surface area (Å²) >= 11 is 0. The quantitative estimate of drug-likeness (QED) is 0.112. The summed E-state index contributed by atoms with van der Waals surface area (Å²) in [5, 5.41) is 16.1. The maximum absolute atomic E-state index is 10.5. The maximum atomic E-state index is 10.5. The zero-order valence-electron chi connectivity index (χ0n) is 27.2. The molecule has 0 aliphatic carbocycles. The van der Waals surface area contributed by atoms with Crippen LogP contribution in [0.1, 0.15) is 146 Å². The van der Waals surface area contributed by atoms with E-state index in [0.717, 1.165) is 36.3 Å². The van der Waals surface area contributed by atoms with Crippen molar-refractivity contribution in [3.8, 4) is 0 Å². The van der Waals surface area contributed by atoms with E-state index in [-0.39, 0.29) is 38.4 Å². The van der Waals surface area contributed by atoms with Crippen LogP contribution >= 0.6 is 0 Å². The van der Waals surface area contributed by atoms with Crippen LogP contribution in [0.4, 0.5) is 0 Å². The van der Waals surface area contributed by atoms with E-state index >= 15 is 0 Å². The third-order valence-corrected chi connectivity index (χ3v) is 13.7. The molecule has 0 bridgehead atoms. The molecule has 0 spiro atoms. The first-order valence-corrected chi connectivity index (χ1v) is 20.8. The number of rotatable bonds is 18. The van der Waals surface area contributed by atoms with Crippen LogP contribution < -0.4 is 0 Å². The predicted octanol–water partition coefficient (Wildman–Crippen LogP) is 9.42. The van der Waals surface area contributed by atoms with E-state index in [4.69, 9.17) is 10.2 Å². The second kappa shape index (κ2) is 35.2. The van der Waals surface area contributed by atoms with Gasteiger partial charge in [-0.1, -0.05) is 119 Å². The van der Waals surface area contributed by atoms with Gasteiger partial charge >= 0.3 is 0 Å². The van der Waals surface area contributed by atoms with E-state index in [1.807, 2.05) is 0 Å². The van der Waals surface area contributed by atoms with Gasteiger partial charge in [-0.3, -0.25) is 0 Å². The Morgan fingerprint density at radius 3 is 0.595 bits per heavy atom. The Kier molecular flexibility index (Phi) is 45.6. The maximum Gasteiger partial charge on any atom is 0.188 e. The minimum absolute atomic E-state index is 0. The van der Waals surface area contributed by atoms with Crippen LogP contribution in [0, 0.1) is 0 Å². The molecule has 4 nitrogen and oxygen atoms in total. The molecule has 0 radical (unpaired) electrons. The van der Waals surface area contributed by atoms with Gasteiger partial charge in [-0.25, -0.2) is 0 Å². The van der Waals surface area contributed by atoms with Gasteiger partial charge in [0.25, 0.3) is 0 Å². The van der Waals surface area contributed by atoms with Crippen LogP contribution in [-0.2, 0) is 26.2 Å². The standard InChI is InChI=1S/2C12H28OSi.2C3H8O.Zr/c2*1-4-7-10-14(13,11-8-5-2)12-9-6-3;2*1-3(2)4;/h2*13H,4-12H2,1-3H3;2*3-4H,1-2H3;. The van der Waals surface area contributed by atoms with Crippen molar-refractivity contribution in [1.29, 1.82) is 0 Å². The third-order valence-electron chi connectivity index (χ3n) is 5.97. The molecule has 0 amide bonds. The average molecular weight is 644 g/mol. The number of aliphatic hydroxyl groups is 2. The fourth-order valence-corrected chi connectivity index (χ4v) is 11.4. The molecule has 37 heavy (non-hydrogen) atoms. The van der Waals surface area contributed by atoms with E-state index in [1.54, 1.807) is 27.7 Å². The van der Waals surface area contributed by atoms with Gasteiger partial charge in [0.15, 0.2) is 16.6 Å². The number of hydrogen-bond donors (Lipinski definition) is 4. The van der Waals surface area contributed by atoms with Gasteiger partial charge in [0.05, 0.1) is 0 Å². The summed E-state index contributed by atoms with van der Waals surface area (Å²) in [4.78, 5) is 21.1. The van der Waals surface area contributed by atoms with Gasteiger partial charge in [0.2, 0.25) is 0 Å². The molecule has 0 aromatic rings. The summed E-state index contributed by atoms with van der Waals surface area (Å²) < 4.78 is 0. The van der Waals surface area contributed by atoms with Crippen molar-refractivity contribution in [2.45, 2.75) is 195 Å². The Morgan fingerprint density at radius 1 is 0.405 bits per heavy atom. The van der Waals surface area contributed by atoms with Crippen LogP contribution in [0.2, 0.25) is 36.3 Å². The molecule has 7 heteroatoms. The van der Waals surface area contributed by atoms with Crippen LogP contribution in [0.3, 0.4) is 0 Å². The van der Waals surface area contributed by atoms with Gasteiger partial charge in [-0.05, 0) is 64.0 Å². The molecule has 0 rings (SSSR count). The Bertz CT molecular complexity index is 315. The fourth-order valence-electron chi connectivity index (χ4n) is 3.79. The second-order valence-electron chi connectivity index (χ2n) is 11.3. The summed E-state index contributed by atoms with van der Waals surface area (Å²) in [5.41, 5.74) is 0. The van der Waals surface area contributed by atoms with Crippen LogP contribution in [0.25, 0.3) is 0 Å². The topological polar surface area (TPSA) is 80.9 Å². The van der Waals surface area contributed by atoms with E-state index in [0.29, 0.717) is 0 Å². The van der Waals surface area contributed by atoms with Crippen molar-refractivity contribution >= 4 is 16.6 Å². The molecule has 0 saturated carbocycles. The average Bonchev–Trinajstić information content (AvgIpc) is 2.81. The first-order valence-electron chi connectivity index (χ1n) is 15.6. The van der Waals surface area contributed by atoms with Crippen molar-refractivity contribution in [2.75, 3.05) is 0 Å². The summed E-state index contributed by atoms with van der Waals surface area (Å²) in [6.45, 7) is 20.2.